The number of carbonyl (C=O) groups excluding carboxylic acids is 1. The third-order valence-electron chi connectivity index (χ3n) is 4.02. The molecule has 0 bridgehead atoms. The second-order valence-electron chi connectivity index (χ2n) is 5.45. The van der Waals surface area contributed by atoms with E-state index in [9.17, 15) is 4.79 Å². The lowest BCUT2D eigenvalue weighted by atomic mass is 9.95. The summed E-state index contributed by atoms with van der Waals surface area (Å²) in [5.41, 5.74) is 0. The Labute approximate surface area is 104 Å². The van der Waals surface area contributed by atoms with E-state index in [1.54, 1.807) is 0 Å². The van der Waals surface area contributed by atoms with Gasteiger partial charge in [0, 0.05) is 6.04 Å². The molecule has 98 valence electrons. The minimum atomic E-state index is -0.374. The Hall–Kier alpha value is -0.410. The van der Waals surface area contributed by atoms with Crippen molar-refractivity contribution in [2.75, 3.05) is 0 Å². The molecule has 3 heteroatoms. The van der Waals surface area contributed by atoms with E-state index in [2.05, 4.69) is 5.32 Å². The highest BCUT2D eigenvalue weighted by Gasteiger charge is 2.22. The highest BCUT2D eigenvalue weighted by atomic mass is 16.5. The summed E-state index contributed by atoms with van der Waals surface area (Å²) in [4.78, 5) is 11.1. The number of hydrogen-bond acceptors (Lipinski definition) is 3. The summed E-state index contributed by atoms with van der Waals surface area (Å²) in [6.07, 6.45) is 13.2. The van der Waals surface area contributed by atoms with Gasteiger partial charge in [-0.1, -0.05) is 38.5 Å². The maximum Gasteiger partial charge on any atom is 0.165 e. The van der Waals surface area contributed by atoms with Crippen LogP contribution in [-0.4, -0.2) is 24.7 Å². The van der Waals surface area contributed by atoms with Gasteiger partial charge in [-0.15, -0.1) is 0 Å². The molecule has 0 spiro atoms. The Morgan fingerprint density at radius 3 is 2.12 bits per heavy atom. The van der Waals surface area contributed by atoms with E-state index in [1.807, 2.05) is 0 Å². The van der Waals surface area contributed by atoms with Crippen LogP contribution in [0.3, 0.4) is 0 Å². The Morgan fingerprint density at radius 2 is 1.53 bits per heavy atom. The predicted molar refractivity (Wildman–Crippen MR) is 67.8 cm³/mol. The Balaban J connectivity index is 1.72. The van der Waals surface area contributed by atoms with Crippen molar-refractivity contribution in [2.45, 2.75) is 82.6 Å². The molecule has 1 unspecified atom stereocenters. The SMILES string of the molecule is O=CC(NC1CCCCC1)OC1CCCCC1. The van der Waals surface area contributed by atoms with E-state index >= 15 is 0 Å². The van der Waals surface area contributed by atoms with Crippen LogP contribution in [-0.2, 0) is 9.53 Å². The van der Waals surface area contributed by atoms with Gasteiger partial charge in [-0.25, -0.2) is 0 Å². The lowest BCUT2D eigenvalue weighted by Crippen LogP contribution is -2.44. The number of carbonyl (C=O) groups is 1. The average molecular weight is 239 g/mol. The lowest BCUT2D eigenvalue weighted by Gasteiger charge is -2.29. The molecule has 2 fully saturated rings. The van der Waals surface area contributed by atoms with Gasteiger partial charge in [-0.05, 0) is 25.7 Å². The van der Waals surface area contributed by atoms with Crippen LogP contribution in [0.15, 0.2) is 0 Å². The van der Waals surface area contributed by atoms with Gasteiger partial charge in [-0.3, -0.25) is 10.1 Å². The number of nitrogens with one attached hydrogen (secondary N) is 1. The normalized spacial score (nSPS) is 25.6. The van der Waals surface area contributed by atoms with Gasteiger partial charge in [-0.2, -0.15) is 0 Å². The summed E-state index contributed by atoms with van der Waals surface area (Å²) in [5.74, 6) is 0. The molecule has 0 aliphatic heterocycles. The monoisotopic (exact) mass is 239 g/mol. The van der Waals surface area contributed by atoms with E-state index < -0.39 is 0 Å². The van der Waals surface area contributed by atoms with Crippen LogP contribution in [0.25, 0.3) is 0 Å². The molecule has 1 atom stereocenters. The predicted octanol–water partition coefficient (Wildman–Crippen LogP) is 2.78. The second kappa shape index (κ2) is 7.12. The number of hydrogen-bond donors (Lipinski definition) is 1. The van der Waals surface area contributed by atoms with Crippen molar-refractivity contribution in [1.82, 2.24) is 5.32 Å². The molecular weight excluding hydrogens is 214 g/mol. The van der Waals surface area contributed by atoms with Gasteiger partial charge in [0.05, 0.1) is 6.10 Å². The molecule has 2 aliphatic carbocycles. The molecule has 0 aromatic heterocycles. The zero-order valence-electron chi connectivity index (χ0n) is 10.7. The largest absolute Gasteiger partial charge is 0.353 e. The number of rotatable bonds is 5. The fourth-order valence-electron chi connectivity index (χ4n) is 3.02. The van der Waals surface area contributed by atoms with Gasteiger partial charge in [0.2, 0.25) is 0 Å². The van der Waals surface area contributed by atoms with Crippen LogP contribution in [0.5, 0.6) is 0 Å². The molecule has 0 radical (unpaired) electrons. The third-order valence-corrected chi connectivity index (χ3v) is 4.02. The second-order valence-corrected chi connectivity index (χ2v) is 5.45. The minimum absolute atomic E-state index is 0.301. The van der Waals surface area contributed by atoms with Crippen LogP contribution in [0, 0.1) is 0 Å². The van der Waals surface area contributed by atoms with Crippen molar-refractivity contribution in [3.8, 4) is 0 Å². The molecule has 0 heterocycles. The van der Waals surface area contributed by atoms with Crippen LogP contribution in [0.1, 0.15) is 64.2 Å². The van der Waals surface area contributed by atoms with E-state index in [4.69, 9.17) is 4.74 Å². The van der Waals surface area contributed by atoms with Crippen molar-refractivity contribution in [1.29, 1.82) is 0 Å². The third kappa shape index (κ3) is 4.40. The van der Waals surface area contributed by atoms with Crippen molar-refractivity contribution in [3.05, 3.63) is 0 Å². The van der Waals surface area contributed by atoms with Crippen molar-refractivity contribution in [3.63, 3.8) is 0 Å². The Kier molecular flexibility index (Phi) is 5.46. The summed E-state index contributed by atoms with van der Waals surface area (Å²) in [6, 6.07) is 0.488. The molecule has 2 rings (SSSR count). The fraction of sp³-hybridized carbons (Fsp3) is 0.929. The van der Waals surface area contributed by atoms with Crippen molar-refractivity contribution >= 4 is 6.29 Å². The molecule has 2 saturated carbocycles. The molecule has 17 heavy (non-hydrogen) atoms. The smallest absolute Gasteiger partial charge is 0.165 e. The maximum absolute atomic E-state index is 11.1. The standard InChI is InChI=1S/C14H25NO2/c16-11-14(15-12-7-3-1-4-8-12)17-13-9-5-2-6-10-13/h11-15H,1-10H2. The Morgan fingerprint density at radius 1 is 0.941 bits per heavy atom. The quantitative estimate of drug-likeness (QED) is 0.592. The van der Waals surface area contributed by atoms with Crippen LogP contribution < -0.4 is 5.32 Å². The number of aldehydes is 1. The highest BCUT2D eigenvalue weighted by molar-refractivity contribution is 5.55. The van der Waals surface area contributed by atoms with E-state index in [-0.39, 0.29) is 6.23 Å². The number of ether oxygens (including phenoxy) is 1. The average Bonchev–Trinajstić information content (AvgIpc) is 2.40. The summed E-state index contributed by atoms with van der Waals surface area (Å²) in [5, 5.41) is 3.36. The molecular formula is C14H25NO2. The lowest BCUT2D eigenvalue weighted by molar-refractivity contribution is -0.127. The van der Waals surface area contributed by atoms with Crippen molar-refractivity contribution < 1.29 is 9.53 Å². The molecule has 1 N–H and O–H groups in total. The first-order chi connectivity index (χ1) is 8.38. The zero-order chi connectivity index (χ0) is 11.9. The molecule has 0 aromatic rings. The van der Waals surface area contributed by atoms with Gasteiger partial charge < -0.3 is 4.74 Å². The van der Waals surface area contributed by atoms with Crippen LogP contribution in [0.2, 0.25) is 0 Å². The van der Waals surface area contributed by atoms with Gasteiger partial charge in [0.15, 0.2) is 12.5 Å². The Bertz CT molecular complexity index is 200. The van der Waals surface area contributed by atoms with Crippen LogP contribution in [0.4, 0.5) is 0 Å². The summed E-state index contributed by atoms with van der Waals surface area (Å²) < 4.78 is 5.86. The molecule has 0 aromatic carbocycles. The van der Waals surface area contributed by atoms with Crippen molar-refractivity contribution in [2.24, 2.45) is 0 Å². The summed E-state index contributed by atoms with van der Waals surface area (Å²) >= 11 is 0. The van der Waals surface area contributed by atoms with E-state index in [1.165, 1.54) is 51.4 Å². The maximum atomic E-state index is 11.1. The summed E-state index contributed by atoms with van der Waals surface area (Å²) in [7, 11) is 0. The van der Waals surface area contributed by atoms with Gasteiger partial charge in [0.1, 0.15) is 0 Å². The first-order valence-corrected chi connectivity index (χ1v) is 7.25. The molecule has 0 saturated heterocycles. The van der Waals surface area contributed by atoms with Crippen LogP contribution >= 0.6 is 0 Å². The first kappa shape index (κ1) is 13.0. The minimum Gasteiger partial charge on any atom is -0.353 e. The van der Waals surface area contributed by atoms with E-state index in [0.29, 0.717) is 12.1 Å². The fourth-order valence-corrected chi connectivity index (χ4v) is 3.02. The highest BCUT2D eigenvalue weighted by Crippen LogP contribution is 2.22. The molecule has 3 nitrogen and oxygen atoms in total. The first-order valence-electron chi connectivity index (χ1n) is 7.25. The van der Waals surface area contributed by atoms with Gasteiger partial charge in [0.25, 0.3) is 0 Å². The zero-order valence-corrected chi connectivity index (χ0v) is 10.7. The summed E-state index contributed by atoms with van der Waals surface area (Å²) in [6.45, 7) is 0. The topological polar surface area (TPSA) is 38.3 Å². The van der Waals surface area contributed by atoms with E-state index in [0.717, 1.165) is 19.1 Å². The molecule has 0 amide bonds. The van der Waals surface area contributed by atoms with Gasteiger partial charge >= 0.3 is 0 Å². The molecule has 2 aliphatic rings.